The molecule has 1 aliphatic rings. The second-order valence-corrected chi connectivity index (χ2v) is 6.69. The molecule has 5 nitrogen and oxygen atoms in total. The van der Waals surface area contributed by atoms with Crippen molar-refractivity contribution >= 4 is 5.96 Å². The topological polar surface area (TPSA) is 48.9 Å². The zero-order valence-electron chi connectivity index (χ0n) is 15.2. The van der Waals surface area contributed by atoms with E-state index in [0.717, 1.165) is 38.4 Å². The van der Waals surface area contributed by atoms with Crippen LogP contribution in [0.1, 0.15) is 19.4 Å². The molecule has 0 radical (unpaired) electrons. The SMILES string of the molecule is CN=C(NCc1cc(F)ccc1F)NCC1CN(CC(C)C)CCO1. The third-order valence-corrected chi connectivity index (χ3v) is 4.02. The lowest BCUT2D eigenvalue weighted by Gasteiger charge is -2.34. The number of hydrogen-bond acceptors (Lipinski definition) is 3. The van der Waals surface area contributed by atoms with E-state index >= 15 is 0 Å². The zero-order valence-corrected chi connectivity index (χ0v) is 15.2. The van der Waals surface area contributed by atoms with Crippen LogP contribution in [0.2, 0.25) is 0 Å². The van der Waals surface area contributed by atoms with Crippen LogP contribution in [0.4, 0.5) is 8.78 Å². The van der Waals surface area contributed by atoms with Gasteiger partial charge in [0.1, 0.15) is 11.6 Å². The van der Waals surface area contributed by atoms with Gasteiger partial charge in [-0.2, -0.15) is 0 Å². The highest BCUT2D eigenvalue weighted by atomic mass is 19.1. The van der Waals surface area contributed by atoms with Gasteiger partial charge >= 0.3 is 0 Å². The molecule has 0 amide bonds. The van der Waals surface area contributed by atoms with Crippen LogP contribution in [0.15, 0.2) is 23.2 Å². The van der Waals surface area contributed by atoms with Crippen molar-refractivity contribution in [3.8, 4) is 0 Å². The van der Waals surface area contributed by atoms with Crippen molar-refractivity contribution in [1.29, 1.82) is 0 Å². The third-order valence-electron chi connectivity index (χ3n) is 4.02. The molecule has 2 rings (SSSR count). The molecule has 1 aromatic carbocycles. The molecule has 1 atom stereocenters. The van der Waals surface area contributed by atoms with Gasteiger partial charge in [-0.05, 0) is 24.1 Å². The van der Waals surface area contributed by atoms with Crippen LogP contribution >= 0.6 is 0 Å². The number of nitrogens with zero attached hydrogens (tertiary/aromatic N) is 2. The van der Waals surface area contributed by atoms with E-state index in [0.29, 0.717) is 18.4 Å². The van der Waals surface area contributed by atoms with Crippen LogP contribution in [0, 0.1) is 17.6 Å². The van der Waals surface area contributed by atoms with Crippen molar-refractivity contribution < 1.29 is 13.5 Å². The molecule has 1 fully saturated rings. The predicted molar refractivity (Wildman–Crippen MR) is 95.6 cm³/mol. The van der Waals surface area contributed by atoms with Gasteiger partial charge in [0.05, 0.1) is 12.7 Å². The molecule has 0 aromatic heterocycles. The van der Waals surface area contributed by atoms with Gasteiger partial charge in [0.2, 0.25) is 0 Å². The third kappa shape index (κ3) is 6.59. The van der Waals surface area contributed by atoms with Crippen LogP contribution in [-0.2, 0) is 11.3 Å². The summed E-state index contributed by atoms with van der Waals surface area (Å²) in [6.07, 6.45) is 0.0805. The van der Waals surface area contributed by atoms with Crippen molar-refractivity contribution in [2.45, 2.75) is 26.5 Å². The average molecular weight is 354 g/mol. The van der Waals surface area contributed by atoms with Crippen LogP contribution < -0.4 is 10.6 Å². The van der Waals surface area contributed by atoms with E-state index in [4.69, 9.17) is 4.74 Å². The van der Waals surface area contributed by atoms with E-state index in [1.807, 2.05) is 0 Å². The lowest BCUT2D eigenvalue weighted by Crippen LogP contribution is -2.50. The van der Waals surface area contributed by atoms with E-state index < -0.39 is 11.6 Å². The van der Waals surface area contributed by atoms with Crippen LogP contribution in [0.5, 0.6) is 0 Å². The molecule has 1 aliphatic heterocycles. The molecule has 1 aromatic rings. The highest BCUT2D eigenvalue weighted by molar-refractivity contribution is 5.79. The summed E-state index contributed by atoms with van der Waals surface area (Å²) in [5.74, 6) is 0.266. The van der Waals surface area contributed by atoms with E-state index in [1.165, 1.54) is 6.07 Å². The molecule has 0 spiro atoms. The monoisotopic (exact) mass is 354 g/mol. The highest BCUT2D eigenvalue weighted by Crippen LogP contribution is 2.09. The minimum atomic E-state index is -0.456. The number of ether oxygens (including phenoxy) is 1. The van der Waals surface area contributed by atoms with Crippen molar-refractivity contribution in [2.75, 3.05) is 39.8 Å². The largest absolute Gasteiger partial charge is 0.374 e. The zero-order chi connectivity index (χ0) is 18.2. The van der Waals surface area contributed by atoms with E-state index in [2.05, 4.69) is 34.4 Å². The molecule has 2 N–H and O–H groups in total. The summed E-state index contributed by atoms with van der Waals surface area (Å²) < 4.78 is 32.7. The van der Waals surface area contributed by atoms with Crippen molar-refractivity contribution in [2.24, 2.45) is 10.9 Å². The number of halogens is 2. The summed E-state index contributed by atoms with van der Waals surface area (Å²) >= 11 is 0. The Morgan fingerprint density at radius 1 is 1.36 bits per heavy atom. The smallest absolute Gasteiger partial charge is 0.191 e. The second kappa shape index (κ2) is 9.68. The fourth-order valence-corrected chi connectivity index (χ4v) is 2.87. The molecule has 1 saturated heterocycles. The van der Waals surface area contributed by atoms with Gasteiger partial charge in [-0.15, -0.1) is 0 Å². The Morgan fingerprint density at radius 2 is 2.16 bits per heavy atom. The second-order valence-electron chi connectivity index (χ2n) is 6.69. The minimum Gasteiger partial charge on any atom is -0.374 e. The molecule has 0 aliphatic carbocycles. The number of hydrogen-bond donors (Lipinski definition) is 2. The number of morpholine rings is 1. The summed E-state index contributed by atoms with van der Waals surface area (Å²) in [5.41, 5.74) is 0.264. The van der Waals surface area contributed by atoms with Gasteiger partial charge in [-0.25, -0.2) is 8.78 Å². The summed E-state index contributed by atoms with van der Waals surface area (Å²) in [6.45, 7) is 8.81. The Kier molecular flexibility index (Phi) is 7.58. The fraction of sp³-hybridized carbons (Fsp3) is 0.611. The molecular formula is C18H28F2N4O. The van der Waals surface area contributed by atoms with E-state index in [-0.39, 0.29) is 18.2 Å². The Morgan fingerprint density at radius 3 is 2.88 bits per heavy atom. The van der Waals surface area contributed by atoms with Crippen LogP contribution in [0.3, 0.4) is 0 Å². The Balaban J connectivity index is 1.79. The first kappa shape index (κ1) is 19.6. The van der Waals surface area contributed by atoms with Gasteiger partial charge in [-0.1, -0.05) is 13.8 Å². The van der Waals surface area contributed by atoms with E-state index in [9.17, 15) is 8.78 Å². The average Bonchev–Trinajstić information content (AvgIpc) is 2.57. The van der Waals surface area contributed by atoms with Crippen molar-refractivity contribution in [1.82, 2.24) is 15.5 Å². The predicted octanol–water partition coefficient (Wildman–Crippen LogP) is 1.99. The Hall–Kier alpha value is -1.73. The molecule has 0 bridgehead atoms. The Bertz CT molecular complexity index is 580. The molecule has 1 heterocycles. The summed E-state index contributed by atoms with van der Waals surface area (Å²) in [6, 6.07) is 3.42. The molecule has 140 valence electrons. The van der Waals surface area contributed by atoms with Crippen molar-refractivity contribution in [3.05, 3.63) is 35.4 Å². The van der Waals surface area contributed by atoms with Crippen molar-refractivity contribution in [3.63, 3.8) is 0 Å². The molecule has 1 unspecified atom stereocenters. The lowest BCUT2D eigenvalue weighted by molar-refractivity contribution is -0.0284. The molecule has 0 saturated carbocycles. The first-order valence-electron chi connectivity index (χ1n) is 8.70. The van der Waals surface area contributed by atoms with E-state index in [1.54, 1.807) is 7.05 Å². The van der Waals surface area contributed by atoms with Crippen LogP contribution in [-0.4, -0.2) is 56.8 Å². The number of rotatable bonds is 6. The first-order valence-corrected chi connectivity index (χ1v) is 8.70. The number of nitrogens with one attached hydrogen (secondary N) is 2. The molecular weight excluding hydrogens is 326 g/mol. The molecule has 7 heteroatoms. The number of aliphatic imine (C=N–C) groups is 1. The number of guanidine groups is 1. The van der Waals surface area contributed by atoms with Gasteiger partial charge in [0.15, 0.2) is 5.96 Å². The summed E-state index contributed by atoms with van der Waals surface area (Å²) in [5, 5.41) is 6.19. The maximum atomic E-state index is 13.7. The van der Waals surface area contributed by atoms with Gasteiger partial charge in [0, 0.05) is 45.3 Å². The van der Waals surface area contributed by atoms with Gasteiger partial charge < -0.3 is 15.4 Å². The Labute approximate surface area is 148 Å². The normalized spacial score (nSPS) is 19.3. The lowest BCUT2D eigenvalue weighted by atomic mass is 10.2. The van der Waals surface area contributed by atoms with Gasteiger partial charge in [-0.3, -0.25) is 9.89 Å². The van der Waals surface area contributed by atoms with Crippen LogP contribution in [0.25, 0.3) is 0 Å². The minimum absolute atomic E-state index is 0.0805. The maximum absolute atomic E-state index is 13.7. The van der Waals surface area contributed by atoms with Gasteiger partial charge in [0.25, 0.3) is 0 Å². The summed E-state index contributed by atoms with van der Waals surface area (Å²) in [7, 11) is 1.64. The fourth-order valence-electron chi connectivity index (χ4n) is 2.87. The quantitative estimate of drug-likeness (QED) is 0.606. The summed E-state index contributed by atoms with van der Waals surface area (Å²) in [4.78, 5) is 6.52. The standard InChI is InChI=1S/C18H28F2N4O/c1-13(2)11-24-6-7-25-16(12-24)10-23-18(21-3)22-9-14-8-15(19)4-5-17(14)20/h4-5,8,13,16H,6-7,9-12H2,1-3H3,(H2,21,22,23). The number of benzene rings is 1. The first-order chi connectivity index (χ1) is 12.0. The highest BCUT2D eigenvalue weighted by Gasteiger charge is 2.21. The maximum Gasteiger partial charge on any atom is 0.191 e. The molecule has 25 heavy (non-hydrogen) atoms.